The predicted molar refractivity (Wildman–Crippen MR) is 149 cm³/mol. The molecule has 14 nitrogen and oxygen atoms in total. The highest BCUT2D eigenvalue weighted by Crippen LogP contribution is 2.42. The molecule has 0 amide bonds. The number of carbonyl (C=O) groups is 1. The second kappa shape index (κ2) is 12.0. The van der Waals surface area contributed by atoms with Crippen molar-refractivity contribution in [2.45, 2.75) is 44.2 Å². The Hall–Kier alpha value is -3.71. The van der Waals surface area contributed by atoms with Crippen molar-refractivity contribution in [2.75, 3.05) is 30.3 Å². The second-order valence-electron chi connectivity index (χ2n) is 10.6. The van der Waals surface area contributed by atoms with Gasteiger partial charge in [-0.25, -0.2) is 8.86 Å². The molecule has 0 radical (unpaired) electrons. The van der Waals surface area contributed by atoms with E-state index in [-0.39, 0.29) is 33.6 Å². The van der Waals surface area contributed by atoms with Crippen LogP contribution in [0.5, 0.6) is 5.88 Å². The first-order chi connectivity index (χ1) is 20.6. The molecule has 0 aliphatic carbocycles. The molecule has 1 aromatic carbocycles. The minimum atomic E-state index is -4.96. The maximum Gasteiger partial charge on any atom is 0.429 e. The first kappa shape index (κ1) is 31.7. The maximum absolute atomic E-state index is 14.5. The monoisotopic (exact) mass is 661 g/mol. The van der Waals surface area contributed by atoms with Gasteiger partial charge in [0.1, 0.15) is 18.5 Å². The van der Waals surface area contributed by atoms with Gasteiger partial charge in [0.25, 0.3) is 0 Å². The molecule has 1 unspecified atom stereocenters. The molecule has 2 aromatic heterocycles. The molecule has 2 aliphatic heterocycles. The molecule has 19 heteroatoms. The van der Waals surface area contributed by atoms with Crippen molar-refractivity contribution in [2.24, 2.45) is 5.41 Å². The molecule has 0 saturated carbocycles. The summed E-state index contributed by atoms with van der Waals surface area (Å²) >= 11 is 6.09. The molecule has 2 atom stereocenters. The number of carboxylic acids is 1. The fraction of sp³-hybridized carbons (Fsp3) is 0.440. The number of nitrogen functional groups attached to an aromatic ring is 1. The number of nitrogens with two attached hydrogens (primary N) is 1. The van der Waals surface area contributed by atoms with Gasteiger partial charge in [0.05, 0.1) is 11.4 Å². The molecule has 4 heterocycles. The molecule has 5 N–H and O–H groups in total. The van der Waals surface area contributed by atoms with Gasteiger partial charge in [0.2, 0.25) is 17.9 Å². The van der Waals surface area contributed by atoms with Crippen molar-refractivity contribution in [3.63, 3.8) is 0 Å². The summed E-state index contributed by atoms with van der Waals surface area (Å²) in [6.45, 7) is 0.825. The Balaban J connectivity index is 1.39. The van der Waals surface area contributed by atoms with E-state index in [1.165, 1.54) is 30.5 Å². The third-order valence-electron chi connectivity index (χ3n) is 7.57. The molecule has 2 saturated heterocycles. The van der Waals surface area contributed by atoms with Gasteiger partial charge in [-0.3, -0.25) is 9.35 Å². The molecule has 238 valence electrons. The lowest BCUT2D eigenvalue weighted by atomic mass is 9.76. The standard InChI is InChI=1S/C25H27ClF3N7O7S/c26-14-1-2-16(18(9-14)36-6-3-15(34-36)12-42-44(39,40)41)21(25(27,28)29)43-20-10-19(32-23(30)33-20)35-7-4-24(5-8-35)11-17(22(37)38)31-13-24/h1-3,6,9-10,17,21,31H,4-5,7-8,11-13H2,(H,37,38)(H2,30,32,33)(H,39,40,41)/t17?,21-/m1/s1. The Labute approximate surface area is 253 Å². The van der Waals surface area contributed by atoms with E-state index >= 15 is 0 Å². The number of hydrogen-bond donors (Lipinski definition) is 4. The van der Waals surface area contributed by atoms with E-state index in [1.54, 1.807) is 0 Å². The van der Waals surface area contributed by atoms with Crippen molar-refractivity contribution in [1.29, 1.82) is 0 Å². The van der Waals surface area contributed by atoms with Gasteiger partial charge >= 0.3 is 22.5 Å². The summed E-state index contributed by atoms with van der Waals surface area (Å²) in [6, 6.07) is 5.49. The number of piperidine rings is 1. The van der Waals surface area contributed by atoms with Crippen LogP contribution in [-0.4, -0.2) is 75.6 Å². The molecule has 0 bridgehead atoms. The van der Waals surface area contributed by atoms with Crippen LogP contribution in [0.1, 0.15) is 36.6 Å². The van der Waals surface area contributed by atoms with E-state index in [0.717, 1.165) is 10.7 Å². The number of carboxylic acid groups (broad SMARTS) is 1. The summed E-state index contributed by atoms with van der Waals surface area (Å²) in [5.74, 6) is -1.39. The minimum Gasteiger partial charge on any atom is -0.480 e. The van der Waals surface area contributed by atoms with Crippen molar-refractivity contribution >= 4 is 39.7 Å². The topological polar surface area (TPSA) is 195 Å². The summed E-state index contributed by atoms with van der Waals surface area (Å²) in [5.41, 5.74) is 5.13. The van der Waals surface area contributed by atoms with E-state index in [9.17, 15) is 31.5 Å². The van der Waals surface area contributed by atoms with Gasteiger partial charge in [-0.15, -0.1) is 0 Å². The first-order valence-corrected chi connectivity index (χ1v) is 14.9. The molecule has 44 heavy (non-hydrogen) atoms. The summed E-state index contributed by atoms with van der Waals surface area (Å²) in [4.78, 5) is 21.3. The van der Waals surface area contributed by atoms with Crippen LogP contribution in [0, 0.1) is 5.41 Å². The highest BCUT2D eigenvalue weighted by atomic mass is 35.5. The minimum absolute atomic E-state index is 0.0126. The zero-order chi connectivity index (χ0) is 31.9. The normalized spacial score (nSPS) is 19.3. The van der Waals surface area contributed by atoms with E-state index in [0.29, 0.717) is 38.9 Å². The molecule has 2 aliphatic rings. The van der Waals surface area contributed by atoms with Gasteiger partial charge in [0.15, 0.2) is 0 Å². The Kier molecular flexibility index (Phi) is 8.65. The molecule has 5 rings (SSSR count). The van der Waals surface area contributed by atoms with E-state index in [2.05, 4.69) is 24.6 Å². The lowest BCUT2D eigenvalue weighted by Gasteiger charge is -2.39. The van der Waals surface area contributed by atoms with Gasteiger partial charge in [-0.05, 0) is 42.9 Å². The summed E-state index contributed by atoms with van der Waals surface area (Å²) in [7, 11) is -4.78. The Morgan fingerprint density at radius 3 is 2.59 bits per heavy atom. The molecular weight excluding hydrogens is 635 g/mol. The average molecular weight is 662 g/mol. The van der Waals surface area contributed by atoms with E-state index in [1.807, 2.05) is 4.90 Å². The second-order valence-corrected chi connectivity index (χ2v) is 12.1. The number of nitrogens with one attached hydrogen (secondary N) is 1. The predicted octanol–water partition coefficient (Wildman–Crippen LogP) is 2.93. The number of hydrogen-bond acceptors (Lipinski definition) is 11. The van der Waals surface area contributed by atoms with Crippen molar-refractivity contribution < 1.29 is 45.0 Å². The number of alkyl halides is 3. The largest absolute Gasteiger partial charge is 0.480 e. The number of rotatable bonds is 9. The van der Waals surface area contributed by atoms with Crippen LogP contribution in [0.2, 0.25) is 5.02 Å². The number of ether oxygens (including phenoxy) is 1. The highest BCUT2D eigenvalue weighted by molar-refractivity contribution is 7.80. The highest BCUT2D eigenvalue weighted by Gasteiger charge is 2.46. The van der Waals surface area contributed by atoms with Crippen molar-refractivity contribution in [3.8, 4) is 11.6 Å². The third kappa shape index (κ3) is 7.32. The van der Waals surface area contributed by atoms with Crippen LogP contribution in [0.4, 0.5) is 24.9 Å². The molecule has 2 fully saturated rings. The lowest BCUT2D eigenvalue weighted by molar-refractivity contribution is -0.198. The quantitative estimate of drug-likeness (QED) is 0.245. The fourth-order valence-corrected chi connectivity index (χ4v) is 5.84. The number of anilines is 2. The Morgan fingerprint density at radius 2 is 1.95 bits per heavy atom. The smallest absolute Gasteiger partial charge is 0.429 e. The van der Waals surface area contributed by atoms with Crippen LogP contribution < -0.4 is 20.7 Å². The van der Waals surface area contributed by atoms with Gasteiger partial charge < -0.3 is 25.8 Å². The van der Waals surface area contributed by atoms with Crippen LogP contribution in [0.25, 0.3) is 5.69 Å². The van der Waals surface area contributed by atoms with E-state index in [4.69, 9.17) is 26.6 Å². The van der Waals surface area contributed by atoms with Crippen LogP contribution in [0.3, 0.4) is 0 Å². The zero-order valence-electron chi connectivity index (χ0n) is 22.7. The van der Waals surface area contributed by atoms with Gasteiger partial charge in [-0.1, -0.05) is 17.7 Å². The third-order valence-corrected chi connectivity index (χ3v) is 8.22. The van der Waals surface area contributed by atoms with Crippen LogP contribution in [0.15, 0.2) is 36.5 Å². The van der Waals surface area contributed by atoms with Crippen LogP contribution >= 0.6 is 11.6 Å². The Morgan fingerprint density at radius 1 is 1.23 bits per heavy atom. The number of halogens is 4. The molecule has 1 spiro atoms. The average Bonchev–Trinajstić information content (AvgIpc) is 3.58. The summed E-state index contributed by atoms with van der Waals surface area (Å²) in [6.07, 6.45) is -4.50. The zero-order valence-corrected chi connectivity index (χ0v) is 24.3. The van der Waals surface area contributed by atoms with Gasteiger partial charge in [0, 0.05) is 42.5 Å². The molecular formula is C25H27ClF3N7O7S. The first-order valence-electron chi connectivity index (χ1n) is 13.2. The fourth-order valence-electron chi connectivity index (χ4n) is 5.41. The Bertz CT molecular complexity index is 1650. The summed E-state index contributed by atoms with van der Waals surface area (Å²) in [5, 5.41) is 16.5. The molecule has 3 aromatic rings. The number of nitrogens with zero attached hydrogens (tertiary/aromatic N) is 5. The SMILES string of the molecule is Nc1nc(O[C@H](c2ccc(Cl)cc2-n2ccc(COS(=O)(=O)O)n2)C(F)(F)F)cc(N2CCC3(CC2)CNC(C(=O)O)C3)n1. The number of aliphatic carboxylic acids is 1. The van der Waals surface area contributed by atoms with Crippen molar-refractivity contribution in [3.05, 3.63) is 52.8 Å². The van der Waals surface area contributed by atoms with Crippen molar-refractivity contribution in [1.82, 2.24) is 25.1 Å². The summed E-state index contributed by atoms with van der Waals surface area (Å²) < 4.78 is 84.9. The van der Waals surface area contributed by atoms with Crippen LogP contribution in [-0.2, 0) is 26.0 Å². The number of benzene rings is 1. The van der Waals surface area contributed by atoms with Gasteiger partial charge in [-0.2, -0.15) is 36.7 Å². The van der Waals surface area contributed by atoms with E-state index < -0.39 is 52.7 Å². The number of aromatic nitrogens is 4. The maximum atomic E-state index is 14.5. The lowest BCUT2D eigenvalue weighted by Crippen LogP contribution is -2.41.